The van der Waals surface area contributed by atoms with Crippen molar-refractivity contribution < 1.29 is 14.3 Å². The van der Waals surface area contributed by atoms with Gasteiger partial charge in [0.2, 0.25) is 0 Å². The highest BCUT2D eigenvalue weighted by Gasteiger charge is 2.19. The summed E-state index contributed by atoms with van der Waals surface area (Å²) in [5.74, 6) is 0.284. The molecule has 0 aliphatic carbocycles. The summed E-state index contributed by atoms with van der Waals surface area (Å²) >= 11 is 0. The highest BCUT2D eigenvalue weighted by molar-refractivity contribution is 5.86. The Labute approximate surface area is 112 Å². The smallest absolute Gasteiger partial charge is 0.358 e. The highest BCUT2D eigenvalue weighted by Crippen LogP contribution is 2.16. The fraction of sp³-hybridized carbons (Fsp3) is 0.615. The zero-order valence-corrected chi connectivity index (χ0v) is 11.3. The van der Waals surface area contributed by atoms with E-state index in [1.807, 2.05) is 0 Å². The summed E-state index contributed by atoms with van der Waals surface area (Å²) in [4.78, 5) is 21.7. The first-order valence-corrected chi connectivity index (χ1v) is 6.51. The zero-order chi connectivity index (χ0) is 13.7. The zero-order valence-electron chi connectivity index (χ0n) is 11.3. The number of ether oxygens (including phenoxy) is 2. The fourth-order valence-corrected chi connectivity index (χ4v) is 2.11. The van der Waals surface area contributed by atoms with Crippen LogP contribution in [0.3, 0.4) is 0 Å². The van der Waals surface area contributed by atoms with Crippen LogP contribution in [-0.4, -0.2) is 48.8 Å². The summed E-state index contributed by atoms with van der Waals surface area (Å²) in [6, 6.07) is 0. The van der Waals surface area contributed by atoms with Crippen LogP contribution >= 0.6 is 0 Å². The average molecular weight is 265 g/mol. The summed E-state index contributed by atoms with van der Waals surface area (Å²) in [6.07, 6.45) is 5.52. The van der Waals surface area contributed by atoms with Gasteiger partial charge in [0, 0.05) is 19.7 Å². The molecule has 0 N–H and O–H groups in total. The summed E-state index contributed by atoms with van der Waals surface area (Å²) in [6.45, 7) is 4.54. The Balaban J connectivity index is 2.03. The van der Waals surface area contributed by atoms with Gasteiger partial charge in [-0.15, -0.1) is 0 Å². The first kappa shape index (κ1) is 13.7. The lowest BCUT2D eigenvalue weighted by molar-refractivity contribution is 0.0593. The number of anilines is 1. The first-order chi connectivity index (χ1) is 9.24. The molecule has 1 aromatic heterocycles. The van der Waals surface area contributed by atoms with Crippen LogP contribution in [0, 0.1) is 0 Å². The molecule has 6 nitrogen and oxygen atoms in total. The van der Waals surface area contributed by atoms with E-state index in [4.69, 9.17) is 4.74 Å². The number of carbonyl (C=O) groups excluding carboxylic acids is 1. The molecule has 104 valence electrons. The number of carbonyl (C=O) groups is 1. The molecule has 2 heterocycles. The van der Waals surface area contributed by atoms with Gasteiger partial charge in [-0.25, -0.2) is 14.8 Å². The molecule has 6 heteroatoms. The van der Waals surface area contributed by atoms with Crippen LogP contribution in [0.15, 0.2) is 12.4 Å². The van der Waals surface area contributed by atoms with Crippen molar-refractivity contribution in [2.24, 2.45) is 0 Å². The van der Waals surface area contributed by atoms with Crippen LogP contribution in [0.5, 0.6) is 0 Å². The van der Waals surface area contributed by atoms with Gasteiger partial charge in [-0.2, -0.15) is 0 Å². The minimum atomic E-state index is -0.471. The van der Waals surface area contributed by atoms with E-state index in [0.717, 1.165) is 38.4 Å². The molecule has 1 aliphatic rings. The Morgan fingerprint density at radius 2 is 2.37 bits per heavy atom. The molecule has 1 fully saturated rings. The normalized spacial score (nSPS) is 18.3. The Morgan fingerprint density at radius 1 is 1.53 bits per heavy atom. The largest absolute Gasteiger partial charge is 0.464 e. The van der Waals surface area contributed by atoms with E-state index in [1.54, 1.807) is 6.20 Å². The van der Waals surface area contributed by atoms with Crippen LogP contribution in [-0.2, 0) is 9.47 Å². The summed E-state index contributed by atoms with van der Waals surface area (Å²) < 4.78 is 10.2. The van der Waals surface area contributed by atoms with Crippen molar-refractivity contribution in [2.45, 2.75) is 25.9 Å². The van der Waals surface area contributed by atoms with E-state index >= 15 is 0 Å². The maximum absolute atomic E-state index is 11.3. The SMILES string of the molecule is CCN(CC1CCCO1)c1cnc(C(=O)OC)cn1. The monoisotopic (exact) mass is 265 g/mol. The van der Waals surface area contributed by atoms with E-state index in [0.29, 0.717) is 0 Å². The number of rotatable bonds is 5. The first-order valence-electron chi connectivity index (χ1n) is 6.51. The van der Waals surface area contributed by atoms with Gasteiger partial charge < -0.3 is 14.4 Å². The van der Waals surface area contributed by atoms with Crippen molar-refractivity contribution >= 4 is 11.8 Å². The predicted octanol–water partition coefficient (Wildman–Crippen LogP) is 1.27. The van der Waals surface area contributed by atoms with Crippen molar-refractivity contribution in [2.75, 3.05) is 31.7 Å². The molecule has 0 bridgehead atoms. The quantitative estimate of drug-likeness (QED) is 0.747. The molecule has 0 aromatic carbocycles. The summed E-state index contributed by atoms with van der Waals surface area (Å²) in [7, 11) is 1.33. The van der Waals surface area contributed by atoms with E-state index < -0.39 is 5.97 Å². The van der Waals surface area contributed by atoms with Crippen molar-refractivity contribution in [3.63, 3.8) is 0 Å². The van der Waals surface area contributed by atoms with Gasteiger partial charge in [-0.3, -0.25) is 0 Å². The number of hydrogen-bond acceptors (Lipinski definition) is 6. The summed E-state index contributed by atoms with van der Waals surface area (Å²) in [5, 5.41) is 0. The molecule has 1 saturated heterocycles. The molecule has 19 heavy (non-hydrogen) atoms. The van der Waals surface area contributed by atoms with Crippen molar-refractivity contribution in [1.82, 2.24) is 9.97 Å². The third-order valence-corrected chi connectivity index (χ3v) is 3.19. The molecule has 0 saturated carbocycles. The van der Waals surface area contributed by atoms with Crippen LogP contribution in [0.1, 0.15) is 30.3 Å². The van der Waals surface area contributed by atoms with E-state index in [9.17, 15) is 4.79 Å². The lowest BCUT2D eigenvalue weighted by Crippen LogP contribution is -2.32. The van der Waals surface area contributed by atoms with E-state index in [2.05, 4.69) is 26.5 Å². The second kappa shape index (κ2) is 6.47. The van der Waals surface area contributed by atoms with E-state index in [-0.39, 0.29) is 11.8 Å². The molecule has 1 aromatic rings. The fourth-order valence-electron chi connectivity index (χ4n) is 2.11. The maximum Gasteiger partial charge on any atom is 0.358 e. The van der Waals surface area contributed by atoms with E-state index in [1.165, 1.54) is 13.3 Å². The molecule has 1 aliphatic heterocycles. The second-order valence-electron chi connectivity index (χ2n) is 4.43. The standard InChI is InChI=1S/C13H19N3O3/c1-3-16(9-10-5-4-6-19-10)12-8-14-11(7-15-12)13(17)18-2/h7-8,10H,3-6,9H2,1-2H3. The number of hydrogen-bond donors (Lipinski definition) is 0. The molecule has 0 spiro atoms. The highest BCUT2D eigenvalue weighted by atomic mass is 16.5. The van der Waals surface area contributed by atoms with Gasteiger partial charge in [0.25, 0.3) is 0 Å². The van der Waals surface area contributed by atoms with Crippen LogP contribution < -0.4 is 4.90 Å². The number of nitrogens with zero attached hydrogens (tertiary/aromatic N) is 3. The molecular weight excluding hydrogens is 246 g/mol. The Hall–Kier alpha value is -1.69. The minimum absolute atomic E-state index is 0.222. The predicted molar refractivity (Wildman–Crippen MR) is 70.2 cm³/mol. The van der Waals surface area contributed by atoms with Crippen LogP contribution in [0.4, 0.5) is 5.82 Å². The van der Waals surface area contributed by atoms with Crippen molar-refractivity contribution in [3.05, 3.63) is 18.1 Å². The topological polar surface area (TPSA) is 64.5 Å². The van der Waals surface area contributed by atoms with Gasteiger partial charge in [0.05, 0.1) is 25.6 Å². The van der Waals surface area contributed by atoms with Gasteiger partial charge in [-0.05, 0) is 19.8 Å². The number of esters is 1. The lowest BCUT2D eigenvalue weighted by atomic mass is 10.2. The van der Waals surface area contributed by atoms with Gasteiger partial charge in [-0.1, -0.05) is 0 Å². The average Bonchev–Trinajstić information content (AvgIpc) is 2.97. The third kappa shape index (κ3) is 3.41. The molecule has 1 atom stereocenters. The van der Waals surface area contributed by atoms with Crippen LogP contribution in [0.2, 0.25) is 0 Å². The second-order valence-corrected chi connectivity index (χ2v) is 4.43. The lowest BCUT2D eigenvalue weighted by Gasteiger charge is -2.24. The van der Waals surface area contributed by atoms with Crippen molar-refractivity contribution in [3.8, 4) is 0 Å². The minimum Gasteiger partial charge on any atom is -0.464 e. The number of methoxy groups -OCH3 is 1. The molecular formula is C13H19N3O3. The van der Waals surface area contributed by atoms with Crippen molar-refractivity contribution in [1.29, 1.82) is 0 Å². The van der Waals surface area contributed by atoms with Gasteiger partial charge in [0.1, 0.15) is 5.82 Å². The maximum atomic E-state index is 11.3. The number of likely N-dealkylation sites (N-methyl/N-ethyl adjacent to an activating group) is 1. The van der Waals surface area contributed by atoms with Gasteiger partial charge in [0.15, 0.2) is 5.69 Å². The number of aromatic nitrogens is 2. The Morgan fingerprint density at radius 3 is 2.89 bits per heavy atom. The van der Waals surface area contributed by atoms with Crippen LogP contribution in [0.25, 0.3) is 0 Å². The Kier molecular flexibility index (Phi) is 4.68. The van der Waals surface area contributed by atoms with Gasteiger partial charge >= 0.3 is 5.97 Å². The Bertz CT molecular complexity index is 416. The molecule has 1 unspecified atom stereocenters. The summed E-state index contributed by atoms with van der Waals surface area (Å²) in [5.41, 5.74) is 0.222. The molecule has 2 rings (SSSR count). The molecule has 0 amide bonds. The third-order valence-electron chi connectivity index (χ3n) is 3.19. The molecule has 0 radical (unpaired) electrons.